The summed E-state index contributed by atoms with van der Waals surface area (Å²) in [5, 5.41) is 3.49. The van der Waals surface area contributed by atoms with Crippen LogP contribution in [-0.2, 0) is 0 Å². The molecule has 3 heteroatoms. The van der Waals surface area contributed by atoms with Crippen molar-refractivity contribution in [3.05, 3.63) is 65.0 Å². The zero-order valence-electron chi connectivity index (χ0n) is 12.8. The molecule has 2 rings (SSSR count). The highest BCUT2D eigenvalue weighted by atomic mass is 19.1. The summed E-state index contributed by atoms with van der Waals surface area (Å²) in [6, 6.07) is 13.1. The number of benzene rings is 2. The Labute approximate surface area is 126 Å². The van der Waals surface area contributed by atoms with Crippen LogP contribution in [0.5, 0.6) is 5.75 Å². The van der Waals surface area contributed by atoms with Gasteiger partial charge in [-0.2, -0.15) is 0 Å². The lowest BCUT2D eigenvalue weighted by Crippen LogP contribution is -2.23. The zero-order valence-corrected chi connectivity index (χ0v) is 12.8. The highest BCUT2D eigenvalue weighted by Crippen LogP contribution is 2.25. The summed E-state index contributed by atoms with van der Waals surface area (Å²) in [6.45, 7) is 4.92. The van der Waals surface area contributed by atoms with Gasteiger partial charge in [0.1, 0.15) is 11.6 Å². The second-order valence-electron chi connectivity index (χ2n) is 5.22. The van der Waals surface area contributed by atoms with Gasteiger partial charge in [-0.05, 0) is 60.8 Å². The van der Waals surface area contributed by atoms with Crippen LogP contribution >= 0.6 is 0 Å². The molecule has 0 radical (unpaired) electrons. The van der Waals surface area contributed by atoms with Gasteiger partial charge in [-0.1, -0.05) is 25.1 Å². The minimum absolute atomic E-state index is 0.00902. The molecule has 1 N–H and O–H groups in total. The summed E-state index contributed by atoms with van der Waals surface area (Å²) in [4.78, 5) is 0. The molecule has 1 atom stereocenters. The van der Waals surface area contributed by atoms with E-state index in [4.69, 9.17) is 4.74 Å². The standard InChI is InChI=1S/C18H22FNO/c1-4-9-20-18(14-5-7-17(21-3)8-6-14)15-10-13(2)11-16(19)12-15/h5-8,10-12,18,20H,4,9H2,1-3H3. The molecule has 21 heavy (non-hydrogen) atoms. The van der Waals surface area contributed by atoms with Gasteiger partial charge in [0.2, 0.25) is 0 Å². The molecule has 2 aromatic carbocycles. The SMILES string of the molecule is CCCNC(c1ccc(OC)cc1)c1cc(C)cc(F)c1. The van der Waals surface area contributed by atoms with E-state index in [0.717, 1.165) is 35.4 Å². The van der Waals surface area contributed by atoms with Gasteiger partial charge < -0.3 is 10.1 Å². The number of hydrogen-bond donors (Lipinski definition) is 1. The Morgan fingerprint density at radius 2 is 1.81 bits per heavy atom. The summed E-state index contributed by atoms with van der Waals surface area (Å²) in [5.41, 5.74) is 2.99. The number of halogens is 1. The fourth-order valence-electron chi connectivity index (χ4n) is 2.44. The Bertz CT molecular complexity index is 560. The normalized spacial score (nSPS) is 12.2. The van der Waals surface area contributed by atoms with Crippen LogP contribution in [0.4, 0.5) is 4.39 Å². The van der Waals surface area contributed by atoms with Crippen LogP contribution in [0.3, 0.4) is 0 Å². The molecule has 0 aliphatic carbocycles. The van der Waals surface area contributed by atoms with E-state index in [1.54, 1.807) is 19.2 Å². The van der Waals surface area contributed by atoms with Gasteiger partial charge in [-0.25, -0.2) is 4.39 Å². The van der Waals surface area contributed by atoms with E-state index in [1.165, 1.54) is 0 Å². The number of nitrogens with one attached hydrogen (secondary N) is 1. The molecule has 0 spiro atoms. The smallest absolute Gasteiger partial charge is 0.123 e. The fraction of sp³-hybridized carbons (Fsp3) is 0.333. The number of aryl methyl sites for hydroxylation is 1. The monoisotopic (exact) mass is 287 g/mol. The Morgan fingerprint density at radius 3 is 2.38 bits per heavy atom. The van der Waals surface area contributed by atoms with Gasteiger partial charge >= 0.3 is 0 Å². The van der Waals surface area contributed by atoms with Crippen molar-refractivity contribution in [1.82, 2.24) is 5.32 Å². The molecule has 0 amide bonds. The van der Waals surface area contributed by atoms with Crippen molar-refractivity contribution < 1.29 is 9.13 Å². The Hall–Kier alpha value is -1.87. The molecule has 0 fully saturated rings. The van der Waals surface area contributed by atoms with Crippen LogP contribution in [0.1, 0.15) is 36.1 Å². The Balaban J connectivity index is 2.36. The number of ether oxygens (including phenoxy) is 1. The van der Waals surface area contributed by atoms with Crippen molar-refractivity contribution in [2.24, 2.45) is 0 Å². The van der Waals surface area contributed by atoms with E-state index in [2.05, 4.69) is 12.2 Å². The molecule has 0 aliphatic rings. The third kappa shape index (κ3) is 4.05. The molecule has 0 aliphatic heterocycles. The van der Waals surface area contributed by atoms with E-state index in [0.29, 0.717) is 0 Å². The average molecular weight is 287 g/mol. The molecule has 2 aromatic rings. The minimum atomic E-state index is -0.193. The predicted octanol–water partition coefficient (Wildman–Crippen LogP) is 4.23. The zero-order chi connectivity index (χ0) is 15.2. The molecule has 0 aromatic heterocycles. The highest BCUT2D eigenvalue weighted by molar-refractivity contribution is 5.37. The van der Waals surface area contributed by atoms with Gasteiger partial charge in [-0.3, -0.25) is 0 Å². The number of rotatable bonds is 6. The summed E-state index contributed by atoms with van der Waals surface area (Å²) in [6.07, 6.45) is 1.03. The van der Waals surface area contributed by atoms with Crippen molar-refractivity contribution in [3.8, 4) is 5.75 Å². The van der Waals surface area contributed by atoms with Crippen molar-refractivity contribution in [1.29, 1.82) is 0 Å². The van der Waals surface area contributed by atoms with Gasteiger partial charge in [0.05, 0.1) is 13.2 Å². The van der Waals surface area contributed by atoms with E-state index in [1.807, 2.05) is 37.3 Å². The quantitative estimate of drug-likeness (QED) is 0.858. The molecular weight excluding hydrogens is 265 g/mol. The van der Waals surface area contributed by atoms with E-state index < -0.39 is 0 Å². The lowest BCUT2D eigenvalue weighted by molar-refractivity contribution is 0.414. The van der Waals surface area contributed by atoms with Crippen molar-refractivity contribution in [3.63, 3.8) is 0 Å². The molecular formula is C18H22FNO. The van der Waals surface area contributed by atoms with Gasteiger partial charge in [0, 0.05) is 0 Å². The molecule has 1 unspecified atom stereocenters. The lowest BCUT2D eigenvalue weighted by atomic mass is 9.97. The maximum Gasteiger partial charge on any atom is 0.123 e. The van der Waals surface area contributed by atoms with E-state index in [9.17, 15) is 4.39 Å². The van der Waals surface area contributed by atoms with Crippen LogP contribution in [0.15, 0.2) is 42.5 Å². The largest absolute Gasteiger partial charge is 0.497 e. The van der Waals surface area contributed by atoms with E-state index in [-0.39, 0.29) is 11.9 Å². The van der Waals surface area contributed by atoms with Crippen molar-refractivity contribution in [2.45, 2.75) is 26.3 Å². The summed E-state index contributed by atoms with van der Waals surface area (Å²) < 4.78 is 18.9. The first-order valence-electron chi connectivity index (χ1n) is 7.28. The molecule has 0 saturated carbocycles. The van der Waals surface area contributed by atoms with Gasteiger partial charge in [-0.15, -0.1) is 0 Å². The first-order valence-corrected chi connectivity index (χ1v) is 7.28. The van der Waals surface area contributed by atoms with E-state index >= 15 is 0 Å². The second-order valence-corrected chi connectivity index (χ2v) is 5.22. The Kier molecular flexibility index (Phi) is 5.34. The van der Waals surface area contributed by atoms with Crippen molar-refractivity contribution in [2.75, 3.05) is 13.7 Å². The summed E-state index contributed by atoms with van der Waals surface area (Å²) in [7, 11) is 1.65. The summed E-state index contributed by atoms with van der Waals surface area (Å²) >= 11 is 0. The van der Waals surface area contributed by atoms with Crippen LogP contribution < -0.4 is 10.1 Å². The van der Waals surface area contributed by atoms with Gasteiger partial charge in [0.25, 0.3) is 0 Å². The molecule has 2 nitrogen and oxygen atoms in total. The number of methoxy groups -OCH3 is 1. The molecule has 0 bridgehead atoms. The van der Waals surface area contributed by atoms with Crippen LogP contribution in [0.2, 0.25) is 0 Å². The van der Waals surface area contributed by atoms with Gasteiger partial charge in [0.15, 0.2) is 0 Å². The minimum Gasteiger partial charge on any atom is -0.497 e. The average Bonchev–Trinajstić information content (AvgIpc) is 2.47. The van der Waals surface area contributed by atoms with Crippen LogP contribution in [-0.4, -0.2) is 13.7 Å². The maximum absolute atomic E-state index is 13.7. The first kappa shape index (κ1) is 15.5. The third-order valence-corrected chi connectivity index (χ3v) is 3.45. The van der Waals surface area contributed by atoms with Crippen LogP contribution in [0, 0.1) is 12.7 Å². The Morgan fingerprint density at radius 1 is 1.10 bits per heavy atom. The highest BCUT2D eigenvalue weighted by Gasteiger charge is 2.14. The van der Waals surface area contributed by atoms with Crippen LogP contribution in [0.25, 0.3) is 0 Å². The predicted molar refractivity (Wildman–Crippen MR) is 84.3 cm³/mol. The molecule has 0 saturated heterocycles. The number of hydrogen-bond acceptors (Lipinski definition) is 2. The van der Waals surface area contributed by atoms with Crippen molar-refractivity contribution >= 4 is 0 Å². The first-order chi connectivity index (χ1) is 10.1. The summed E-state index contributed by atoms with van der Waals surface area (Å²) in [5.74, 6) is 0.630. The third-order valence-electron chi connectivity index (χ3n) is 3.45. The maximum atomic E-state index is 13.7. The molecule has 112 valence electrons. The molecule has 0 heterocycles. The topological polar surface area (TPSA) is 21.3 Å². The fourth-order valence-corrected chi connectivity index (χ4v) is 2.44. The lowest BCUT2D eigenvalue weighted by Gasteiger charge is -2.20. The second kappa shape index (κ2) is 7.23.